The van der Waals surface area contributed by atoms with Crippen LogP contribution < -0.4 is 10.5 Å². The first-order valence-corrected chi connectivity index (χ1v) is 4.82. The van der Waals surface area contributed by atoms with Crippen molar-refractivity contribution in [3.63, 3.8) is 0 Å². The van der Waals surface area contributed by atoms with Crippen molar-refractivity contribution >= 4 is 5.82 Å². The predicted octanol–water partition coefficient (Wildman–Crippen LogP) is 1.87. The molecule has 1 atom stereocenters. The highest BCUT2D eigenvalue weighted by Gasteiger charge is 2.09. The van der Waals surface area contributed by atoms with Crippen LogP contribution in [0.1, 0.15) is 27.2 Å². The van der Waals surface area contributed by atoms with E-state index in [0.29, 0.717) is 17.6 Å². The second kappa shape index (κ2) is 4.79. The summed E-state index contributed by atoms with van der Waals surface area (Å²) in [4.78, 5) is 7.92. The molecule has 4 nitrogen and oxygen atoms in total. The number of nitrogen functional groups attached to an aromatic ring is 1. The third-order valence-corrected chi connectivity index (χ3v) is 1.81. The summed E-state index contributed by atoms with van der Waals surface area (Å²) in [6.07, 6.45) is 4.23. The monoisotopic (exact) mass is 195 g/mol. The van der Waals surface area contributed by atoms with Crippen LogP contribution in [0.3, 0.4) is 0 Å². The Labute approximate surface area is 84.5 Å². The van der Waals surface area contributed by atoms with E-state index in [2.05, 4.69) is 23.8 Å². The maximum absolute atomic E-state index is 5.60. The number of hydrogen-bond donors (Lipinski definition) is 1. The summed E-state index contributed by atoms with van der Waals surface area (Å²) in [5.74, 6) is 1.38. The topological polar surface area (TPSA) is 61.0 Å². The summed E-state index contributed by atoms with van der Waals surface area (Å²) in [6.45, 7) is 6.31. The Bertz CT molecular complexity index is 288. The Morgan fingerprint density at radius 1 is 1.29 bits per heavy atom. The van der Waals surface area contributed by atoms with Crippen molar-refractivity contribution in [2.75, 3.05) is 5.73 Å². The van der Waals surface area contributed by atoms with Crippen LogP contribution in [-0.2, 0) is 0 Å². The molecular formula is C10H17N3O. The highest BCUT2D eigenvalue weighted by atomic mass is 16.5. The van der Waals surface area contributed by atoms with Gasteiger partial charge in [-0.2, -0.15) is 0 Å². The van der Waals surface area contributed by atoms with Crippen LogP contribution in [0.2, 0.25) is 0 Å². The van der Waals surface area contributed by atoms with E-state index >= 15 is 0 Å². The molecule has 1 rings (SSSR count). The average molecular weight is 195 g/mol. The van der Waals surface area contributed by atoms with Gasteiger partial charge in [-0.25, -0.2) is 9.97 Å². The fourth-order valence-electron chi connectivity index (χ4n) is 1.33. The van der Waals surface area contributed by atoms with Gasteiger partial charge in [0.25, 0.3) is 5.88 Å². The molecular weight excluding hydrogens is 178 g/mol. The standard InChI is InChI=1S/C10H17N3O/c1-7(2)6-8(3)14-10-9(11)12-4-5-13-10/h4-5,7-8H,6H2,1-3H3,(H2,11,12). The first-order valence-electron chi connectivity index (χ1n) is 4.82. The van der Waals surface area contributed by atoms with Crippen molar-refractivity contribution in [1.29, 1.82) is 0 Å². The molecule has 0 bridgehead atoms. The van der Waals surface area contributed by atoms with Crippen LogP contribution in [-0.4, -0.2) is 16.1 Å². The lowest BCUT2D eigenvalue weighted by atomic mass is 10.1. The van der Waals surface area contributed by atoms with E-state index in [-0.39, 0.29) is 6.10 Å². The third-order valence-electron chi connectivity index (χ3n) is 1.81. The van der Waals surface area contributed by atoms with E-state index in [4.69, 9.17) is 10.5 Å². The average Bonchev–Trinajstić information content (AvgIpc) is 2.07. The van der Waals surface area contributed by atoms with Gasteiger partial charge in [-0.05, 0) is 19.3 Å². The number of nitrogens with two attached hydrogens (primary N) is 1. The Morgan fingerprint density at radius 2 is 1.93 bits per heavy atom. The molecule has 1 aromatic rings. The molecule has 0 saturated carbocycles. The smallest absolute Gasteiger partial charge is 0.257 e. The van der Waals surface area contributed by atoms with Gasteiger partial charge in [0.15, 0.2) is 5.82 Å². The lowest BCUT2D eigenvalue weighted by molar-refractivity contribution is 0.186. The van der Waals surface area contributed by atoms with Gasteiger partial charge in [-0.3, -0.25) is 0 Å². The van der Waals surface area contributed by atoms with Crippen molar-refractivity contribution in [1.82, 2.24) is 9.97 Å². The van der Waals surface area contributed by atoms with Crippen molar-refractivity contribution in [3.8, 4) is 5.88 Å². The minimum absolute atomic E-state index is 0.119. The van der Waals surface area contributed by atoms with Gasteiger partial charge in [0.2, 0.25) is 0 Å². The van der Waals surface area contributed by atoms with Gasteiger partial charge in [0.1, 0.15) is 0 Å². The summed E-state index contributed by atoms with van der Waals surface area (Å²) in [7, 11) is 0. The minimum Gasteiger partial charge on any atom is -0.472 e. The summed E-state index contributed by atoms with van der Waals surface area (Å²) >= 11 is 0. The molecule has 0 aliphatic heterocycles. The third kappa shape index (κ3) is 3.20. The molecule has 0 aliphatic rings. The Kier molecular flexibility index (Phi) is 3.68. The highest BCUT2D eigenvalue weighted by molar-refractivity contribution is 5.38. The fraction of sp³-hybridized carbons (Fsp3) is 0.600. The second-order valence-corrected chi connectivity index (χ2v) is 3.80. The molecule has 0 fully saturated rings. The van der Waals surface area contributed by atoms with Gasteiger partial charge >= 0.3 is 0 Å². The zero-order chi connectivity index (χ0) is 10.6. The molecule has 1 unspecified atom stereocenters. The molecule has 0 radical (unpaired) electrons. The van der Waals surface area contributed by atoms with Crippen LogP contribution in [0.5, 0.6) is 5.88 Å². The zero-order valence-corrected chi connectivity index (χ0v) is 8.90. The molecule has 1 heterocycles. The summed E-state index contributed by atoms with van der Waals surface area (Å²) in [5.41, 5.74) is 5.60. The van der Waals surface area contributed by atoms with Gasteiger partial charge in [0.05, 0.1) is 6.10 Å². The van der Waals surface area contributed by atoms with E-state index in [9.17, 15) is 0 Å². The molecule has 0 spiro atoms. The minimum atomic E-state index is 0.119. The largest absolute Gasteiger partial charge is 0.472 e. The summed E-state index contributed by atoms with van der Waals surface area (Å²) in [5, 5.41) is 0. The molecule has 0 aliphatic carbocycles. The fourth-order valence-corrected chi connectivity index (χ4v) is 1.33. The molecule has 4 heteroatoms. The van der Waals surface area contributed by atoms with Gasteiger partial charge < -0.3 is 10.5 Å². The van der Waals surface area contributed by atoms with Crippen LogP contribution in [0.15, 0.2) is 12.4 Å². The SMILES string of the molecule is CC(C)CC(C)Oc1nccnc1N. The van der Waals surface area contributed by atoms with Gasteiger partial charge in [-0.1, -0.05) is 13.8 Å². The number of ether oxygens (including phenoxy) is 1. The molecule has 2 N–H and O–H groups in total. The van der Waals surface area contributed by atoms with Gasteiger partial charge in [0, 0.05) is 12.4 Å². The quantitative estimate of drug-likeness (QED) is 0.796. The van der Waals surface area contributed by atoms with Crippen LogP contribution >= 0.6 is 0 Å². The number of nitrogens with zero attached hydrogens (tertiary/aromatic N) is 2. The normalized spacial score (nSPS) is 12.9. The lowest BCUT2D eigenvalue weighted by Gasteiger charge is -2.16. The van der Waals surface area contributed by atoms with E-state index in [0.717, 1.165) is 6.42 Å². The molecule has 0 aromatic carbocycles. The Hall–Kier alpha value is -1.32. The zero-order valence-electron chi connectivity index (χ0n) is 8.90. The second-order valence-electron chi connectivity index (χ2n) is 3.80. The van der Waals surface area contributed by atoms with Crippen LogP contribution in [0.4, 0.5) is 5.82 Å². The number of rotatable bonds is 4. The first kappa shape index (κ1) is 10.8. The Morgan fingerprint density at radius 3 is 2.50 bits per heavy atom. The highest BCUT2D eigenvalue weighted by Crippen LogP contribution is 2.17. The van der Waals surface area contributed by atoms with Crippen molar-refractivity contribution in [2.45, 2.75) is 33.3 Å². The molecule has 78 valence electrons. The van der Waals surface area contributed by atoms with E-state index in [1.54, 1.807) is 12.4 Å². The van der Waals surface area contributed by atoms with Crippen molar-refractivity contribution in [2.24, 2.45) is 5.92 Å². The summed E-state index contributed by atoms with van der Waals surface area (Å²) in [6, 6.07) is 0. The van der Waals surface area contributed by atoms with Crippen molar-refractivity contribution < 1.29 is 4.74 Å². The van der Waals surface area contributed by atoms with Crippen molar-refractivity contribution in [3.05, 3.63) is 12.4 Å². The molecule has 0 amide bonds. The molecule has 0 saturated heterocycles. The van der Waals surface area contributed by atoms with E-state index < -0.39 is 0 Å². The lowest BCUT2D eigenvalue weighted by Crippen LogP contribution is -2.16. The number of aromatic nitrogens is 2. The Balaban J connectivity index is 2.56. The predicted molar refractivity (Wildman–Crippen MR) is 56.0 cm³/mol. The molecule has 14 heavy (non-hydrogen) atoms. The van der Waals surface area contributed by atoms with E-state index in [1.165, 1.54) is 0 Å². The van der Waals surface area contributed by atoms with Crippen LogP contribution in [0.25, 0.3) is 0 Å². The maximum Gasteiger partial charge on any atom is 0.257 e. The van der Waals surface area contributed by atoms with Crippen LogP contribution in [0, 0.1) is 5.92 Å². The van der Waals surface area contributed by atoms with E-state index in [1.807, 2.05) is 6.92 Å². The van der Waals surface area contributed by atoms with Gasteiger partial charge in [-0.15, -0.1) is 0 Å². The molecule has 1 aromatic heterocycles. The first-order chi connectivity index (χ1) is 6.59. The number of hydrogen-bond acceptors (Lipinski definition) is 4. The number of anilines is 1. The summed E-state index contributed by atoms with van der Waals surface area (Å²) < 4.78 is 5.56. The maximum atomic E-state index is 5.60.